The highest BCUT2D eigenvalue weighted by atomic mass is 16.5. The van der Waals surface area contributed by atoms with Gasteiger partial charge in [-0.25, -0.2) is 4.98 Å². The fourth-order valence-electron chi connectivity index (χ4n) is 3.75. The van der Waals surface area contributed by atoms with E-state index in [4.69, 9.17) is 10.5 Å². The highest BCUT2D eigenvalue weighted by Crippen LogP contribution is 2.29. The summed E-state index contributed by atoms with van der Waals surface area (Å²) in [5, 5.41) is 12.3. The van der Waals surface area contributed by atoms with Crippen LogP contribution in [-0.4, -0.2) is 20.4 Å². The summed E-state index contributed by atoms with van der Waals surface area (Å²) in [5.41, 5.74) is 8.27. The lowest BCUT2D eigenvalue weighted by Crippen LogP contribution is -2.23. The first-order valence-electron chi connectivity index (χ1n) is 11.2. The van der Waals surface area contributed by atoms with Crippen molar-refractivity contribution in [3.05, 3.63) is 71.8 Å². The van der Waals surface area contributed by atoms with Crippen LogP contribution in [0.2, 0.25) is 0 Å². The summed E-state index contributed by atoms with van der Waals surface area (Å²) in [6, 6.07) is 20.0. The third kappa shape index (κ3) is 4.94. The number of carbonyl (C=O) groups excluding carboxylic acids is 1. The number of anilines is 2. The quantitative estimate of drug-likeness (QED) is 0.393. The number of aromatic nitrogens is 3. The molecule has 2 heterocycles. The summed E-state index contributed by atoms with van der Waals surface area (Å²) < 4.78 is 7.86. The first-order valence-corrected chi connectivity index (χ1v) is 11.2. The molecular formula is C27H28N6O2. The van der Waals surface area contributed by atoms with Crippen molar-refractivity contribution in [3.63, 3.8) is 0 Å². The SMILES string of the molecule is CC(C)(C#N)c1cccc(C(=O)Nc2cccc(Oc3ccc4nc(N)n(C(C)(C)C)c4n3)c2)c1. The van der Waals surface area contributed by atoms with Gasteiger partial charge in [-0.3, -0.25) is 9.36 Å². The summed E-state index contributed by atoms with van der Waals surface area (Å²) in [7, 11) is 0. The molecule has 35 heavy (non-hydrogen) atoms. The molecule has 2 aromatic heterocycles. The molecule has 0 fully saturated rings. The van der Waals surface area contributed by atoms with E-state index in [-0.39, 0.29) is 11.4 Å². The second kappa shape index (κ2) is 8.76. The highest BCUT2D eigenvalue weighted by Gasteiger charge is 2.22. The van der Waals surface area contributed by atoms with Crippen molar-refractivity contribution in [3.8, 4) is 17.7 Å². The van der Waals surface area contributed by atoms with E-state index in [9.17, 15) is 10.1 Å². The van der Waals surface area contributed by atoms with Gasteiger partial charge in [0, 0.05) is 28.9 Å². The Bertz CT molecular complexity index is 1460. The van der Waals surface area contributed by atoms with E-state index in [1.54, 1.807) is 48.5 Å². The maximum absolute atomic E-state index is 12.9. The van der Waals surface area contributed by atoms with Gasteiger partial charge in [-0.15, -0.1) is 0 Å². The Morgan fingerprint density at radius 1 is 1.03 bits per heavy atom. The Kier molecular flexibility index (Phi) is 5.95. The lowest BCUT2D eigenvalue weighted by Gasteiger charge is -2.22. The number of hydrogen-bond donors (Lipinski definition) is 2. The molecule has 0 saturated heterocycles. The van der Waals surface area contributed by atoms with Crippen LogP contribution in [0.1, 0.15) is 50.5 Å². The molecule has 8 nitrogen and oxygen atoms in total. The molecule has 178 valence electrons. The number of fused-ring (bicyclic) bond motifs is 1. The van der Waals surface area contributed by atoms with Gasteiger partial charge in [0.1, 0.15) is 11.3 Å². The second-order valence-electron chi connectivity index (χ2n) is 9.87. The van der Waals surface area contributed by atoms with Crippen LogP contribution in [0.3, 0.4) is 0 Å². The summed E-state index contributed by atoms with van der Waals surface area (Å²) >= 11 is 0. The van der Waals surface area contributed by atoms with Crippen LogP contribution >= 0.6 is 0 Å². The van der Waals surface area contributed by atoms with Crippen molar-refractivity contribution >= 4 is 28.7 Å². The zero-order valence-electron chi connectivity index (χ0n) is 20.5. The minimum atomic E-state index is -0.689. The number of nitrogens with zero attached hydrogens (tertiary/aromatic N) is 4. The normalized spacial score (nSPS) is 11.8. The van der Waals surface area contributed by atoms with Crippen LogP contribution in [-0.2, 0) is 11.0 Å². The van der Waals surface area contributed by atoms with Gasteiger partial charge in [0.2, 0.25) is 11.8 Å². The number of nitriles is 1. The van der Waals surface area contributed by atoms with Gasteiger partial charge in [-0.2, -0.15) is 10.2 Å². The first-order chi connectivity index (χ1) is 16.5. The standard InChI is InChI=1S/C27H28N6O2/c1-26(2,3)33-23-21(31-25(33)29)12-13-22(32-23)35-20-11-7-10-19(15-20)30-24(34)17-8-6-9-18(14-17)27(4,5)16-28/h6-15H,1-5H3,(H2,29,31)(H,30,34). The minimum absolute atomic E-state index is 0.276. The van der Waals surface area contributed by atoms with Gasteiger partial charge in [0.15, 0.2) is 5.65 Å². The third-order valence-electron chi connectivity index (χ3n) is 5.62. The molecule has 0 aliphatic rings. The molecule has 0 spiro atoms. The largest absolute Gasteiger partial charge is 0.439 e. The van der Waals surface area contributed by atoms with Crippen LogP contribution in [0.5, 0.6) is 11.6 Å². The average molecular weight is 469 g/mol. The van der Waals surface area contributed by atoms with Crippen molar-refractivity contribution in [1.29, 1.82) is 5.26 Å². The van der Waals surface area contributed by atoms with Crippen LogP contribution in [0.4, 0.5) is 11.6 Å². The maximum atomic E-state index is 12.9. The molecule has 0 unspecified atom stereocenters. The Hall–Kier alpha value is -4.38. The number of rotatable bonds is 5. The molecule has 3 N–H and O–H groups in total. The molecule has 4 aromatic rings. The molecule has 1 amide bonds. The minimum Gasteiger partial charge on any atom is -0.439 e. The topological polar surface area (TPSA) is 119 Å². The van der Waals surface area contributed by atoms with Crippen molar-refractivity contribution in [2.75, 3.05) is 11.1 Å². The highest BCUT2D eigenvalue weighted by molar-refractivity contribution is 6.04. The second-order valence-corrected chi connectivity index (χ2v) is 9.87. The van der Waals surface area contributed by atoms with Crippen LogP contribution < -0.4 is 15.8 Å². The summed E-state index contributed by atoms with van der Waals surface area (Å²) in [4.78, 5) is 21.9. The zero-order valence-corrected chi connectivity index (χ0v) is 20.5. The predicted molar refractivity (Wildman–Crippen MR) is 136 cm³/mol. The number of hydrogen-bond acceptors (Lipinski definition) is 6. The van der Waals surface area contributed by atoms with Gasteiger partial charge in [-0.1, -0.05) is 18.2 Å². The fourth-order valence-corrected chi connectivity index (χ4v) is 3.75. The van der Waals surface area contributed by atoms with Crippen LogP contribution in [0.25, 0.3) is 11.2 Å². The summed E-state index contributed by atoms with van der Waals surface area (Å²) in [6.45, 7) is 9.73. The van der Waals surface area contributed by atoms with E-state index in [1.807, 2.05) is 51.3 Å². The zero-order chi connectivity index (χ0) is 25.4. The lowest BCUT2D eigenvalue weighted by atomic mass is 9.85. The Balaban J connectivity index is 1.55. The van der Waals surface area contributed by atoms with Crippen LogP contribution in [0.15, 0.2) is 60.7 Å². The molecule has 0 saturated carbocycles. The number of nitrogen functional groups attached to an aromatic ring is 1. The molecule has 0 bridgehead atoms. The number of amides is 1. The molecule has 0 aliphatic heterocycles. The van der Waals surface area contributed by atoms with Crippen molar-refractivity contribution in [1.82, 2.24) is 14.5 Å². The molecule has 0 atom stereocenters. The molecule has 0 radical (unpaired) electrons. The Labute approximate surface area is 204 Å². The number of nitrogens with two attached hydrogens (primary N) is 1. The fraction of sp³-hybridized carbons (Fsp3) is 0.259. The molecular weight excluding hydrogens is 440 g/mol. The summed E-state index contributed by atoms with van der Waals surface area (Å²) in [5.74, 6) is 1.02. The maximum Gasteiger partial charge on any atom is 0.255 e. The number of imidazole rings is 1. The van der Waals surface area contributed by atoms with E-state index in [2.05, 4.69) is 21.4 Å². The smallest absolute Gasteiger partial charge is 0.255 e. The van der Waals surface area contributed by atoms with Crippen molar-refractivity contribution < 1.29 is 9.53 Å². The number of pyridine rings is 1. The van der Waals surface area contributed by atoms with Gasteiger partial charge in [0.05, 0.1) is 11.5 Å². The van der Waals surface area contributed by atoms with Crippen LogP contribution in [0, 0.1) is 11.3 Å². The number of benzene rings is 2. The molecule has 4 rings (SSSR count). The van der Waals surface area contributed by atoms with E-state index in [1.165, 1.54) is 0 Å². The Morgan fingerprint density at radius 3 is 2.49 bits per heavy atom. The third-order valence-corrected chi connectivity index (χ3v) is 5.62. The van der Waals surface area contributed by atoms with E-state index in [0.717, 1.165) is 5.56 Å². The lowest BCUT2D eigenvalue weighted by molar-refractivity contribution is 0.102. The van der Waals surface area contributed by atoms with Crippen molar-refractivity contribution in [2.24, 2.45) is 0 Å². The molecule has 8 heteroatoms. The molecule has 0 aliphatic carbocycles. The summed E-state index contributed by atoms with van der Waals surface area (Å²) in [6.07, 6.45) is 0. The first kappa shape index (κ1) is 23.8. The molecule has 2 aromatic carbocycles. The van der Waals surface area contributed by atoms with E-state index >= 15 is 0 Å². The number of carbonyl (C=O) groups is 1. The van der Waals surface area contributed by atoms with E-state index in [0.29, 0.717) is 40.0 Å². The van der Waals surface area contributed by atoms with Gasteiger partial charge < -0.3 is 15.8 Å². The number of nitrogens with one attached hydrogen (secondary N) is 1. The average Bonchev–Trinajstić information content (AvgIpc) is 3.14. The van der Waals surface area contributed by atoms with Gasteiger partial charge >= 0.3 is 0 Å². The van der Waals surface area contributed by atoms with Crippen molar-refractivity contribution in [2.45, 2.75) is 45.6 Å². The number of ether oxygens (including phenoxy) is 1. The van der Waals surface area contributed by atoms with Gasteiger partial charge in [-0.05, 0) is 70.5 Å². The van der Waals surface area contributed by atoms with E-state index < -0.39 is 5.41 Å². The predicted octanol–water partition coefficient (Wildman–Crippen LogP) is 5.61. The Morgan fingerprint density at radius 2 is 1.77 bits per heavy atom. The monoisotopic (exact) mass is 468 g/mol. The van der Waals surface area contributed by atoms with Gasteiger partial charge in [0.25, 0.3) is 5.91 Å².